The van der Waals surface area contributed by atoms with Crippen LogP contribution in [0.1, 0.15) is 36.2 Å². The Morgan fingerprint density at radius 2 is 2.10 bits per heavy atom. The molecule has 0 aliphatic carbocycles. The van der Waals surface area contributed by atoms with Gasteiger partial charge in [-0.1, -0.05) is 37.7 Å². The first kappa shape index (κ1) is 16.4. The third kappa shape index (κ3) is 4.81. The van der Waals surface area contributed by atoms with E-state index in [1.807, 2.05) is 20.8 Å². The molecule has 0 unspecified atom stereocenters. The van der Waals surface area contributed by atoms with Gasteiger partial charge in [-0.2, -0.15) is 0 Å². The smallest absolute Gasteiger partial charge is 0.257 e. The Balaban J connectivity index is 2.96. The van der Waals surface area contributed by atoms with Crippen LogP contribution in [-0.4, -0.2) is 34.0 Å². The number of hydrogen-bond donors (Lipinski definition) is 2. The lowest BCUT2D eigenvalue weighted by atomic mass is 10.1. The lowest BCUT2D eigenvalue weighted by Crippen LogP contribution is -2.36. The number of carbonyl (C=O) groups excluding carboxylic acids is 1. The van der Waals surface area contributed by atoms with E-state index < -0.39 is 0 Å². The number of aryl methyl sites for hydroxylation is 1. The predicted molar refractivity (Wildman–Crippen MR) is 85.0 cm³/mol. The van der Waals surface area contributed by atoms with E-state index in [9.17, 15) is 9.90 Å². The van der Waals surface area contributed by atoms with E-state index >= 15 is 0 Å². The zero-order valence-electron chi connectivity index (χ0n) is 12.2. The molecule has 0 aromatic heterocycles. The summed E-state index contributed by atoms with van der Waals surface area (Å²) in [5, 5.41) is 9.87. The number of carbonyl (C=O) groups is 1. The molecule has 1 rings (SSSR count). The molecule has 1 amide bonds. The molecule has 0 fully saturated rings. The average Bonchev–Trinajstić information content (AvgIpc) is 2.36. The Labute approximate surface area is 125 Å². The molecule has 0 spiro atoms. The number of thiocarbonyl (C=S) groups is 1. The molecule has 0 atom stereocenters. The summed E-state index contributed by atoms with van der Waals surface area (Å²) in [6, 6.07) is 5.02. The molecule has 0 heterocycles. The summed E-state index contributed by atoms with van der Waals surface area (Å²) in [6.45, 7) is 7.04. The molecular weight excluding hydrogens is 272 g/mol. The van der Waals surface area contributed by atoms with Crippen molar-refractivity contribution in [3.63, 3.8) is 0 Å². The van der Waals surface area contributed by atoms with Crippen LogP contribution in [0.5, 0.6) is 5.75 Å². The molecule has 1 aromatic rings. The van der Waals surface area contributed by atoms with Gasteiger partial charge in [-0.3, -0.25) is 4.79 Å². The summed E-state index contributed by atoms with van der Waals surface area (Å²) in [5.74, 6) is 0.151. The topological polar surface area (TPSA) is 66.6 Å². The minimum atomic E-state index is -0.184. The SMILES string of the molecule is Cc1ccc(O)c(C(=O)N(CCC(N)=S)CC(C)C)c1. The zero-order valence-corrected chi connectivity index (χ0v) is 13.0. The van der Waals surface area contributed by atoms with E-state index in [4.69, 9.17) is 18.0 Å². The van der Waals surface area contributed by atoms with E-state index in [-0.39, 0.29) is 11.7 Å². The van der Waals surface area contributed by atoms with E-state index in [0.29, 0.717) is 36.0 Å². The first-order valence-electron chi connectivity index (χ1n) is 6.68. The van der Waals surface area contributed by atoms with E-state index in [1.165, 1.54) is 0 Å². The summed E-state index contributed by atoms with van der Waals surface area (Å²) in [4.78, 5) is 14.6. The van der Waals surface area contributed by atoms with Crippen LogP contribution < -0.4 is 5.73 Å². The number of aromatic hydroxyl groups is 1. The highest BCUT2D eigenvalue weighted by atomic mass is 32.1. The van der Waals surface area contributed by atoms with Gasteiger partial charge in [-0.25, -0.2) is 0 Å². The van der Waals surface area contributed by atoms with Crippen molar-refractivity contribution in [2.24, 2.45) is 11.7 Å². The van der Waals surface area contributed by atoms with Gasteiger partial charge in [-0.15, -0.1) is 0 Å². The number of nitrogens with zero attached hydrogens (tertiary/aromatic N) is 1. The number of phenols is 1. The highest BCUT2D eigenvalue weighted by molar-refractivity contribution is 7.80. The Hall–Kier alpha value is -1.62. The van der Waals surface area contributed by atoms with Crippen LogP contribution in [0.15, 0.2) is 18.2 Å². The Morgan fingerprint density at radius 1 is 1.45 bits per heavy atom. The van der Waals surface area contributed by atoms with Crippen LogP contribution in [-0.2, 0) is 0 Å². The van der Waals surface area contributed by atoms with Gasteiger partial charge in [0, 0.05) is 19.5 Å². The third-order valence-electron chi connectivity index (χ3n) is 2.88. The second-order valence-electron chi connectivity index (χ2n) is 5.38. The van der Waals surface area contributed by atoms with Crippen molar-refractivity contribution < 1.29 is 9.90 Å². The maximum absolute atomic E-state index is 12.5. The van der Waals surface area contributed by atoms with Crippen molar-refractivity contribution >= 4 is 23.1 Å². The molecule has 0 radical (unpaired) electrons. The van der Waals surface area contributed by atoms with Gasteiger partial charge in [-0.05, 0) is 25.0 Å². The van der Waals surface area contributed by atoms with Crippen LogP contribution in [0.2, 0.25) is 0 Å². The number of rotatable bonds is 6. The molecular formula is C15H22N2O2S. The Bertz CT molecular complexity index is 501. The van der Waals surface area contributed by atoms with Crippen LogP contribution in [0, 0.1) is 12.8 Å². The second kappa shape index (κ2) is 7.24. The molecule has 0 aliphatic rings. The first-order valence-corrected chi connectivity index (χ1v) is 7.09. The largest absolute Gasteiger partial charge is 0.507 e. The highest BCUT2D eigenvalue weighted by Gasteiger charge is 2.20. The molecule has 4 nitrogen and oxygen atoms in total. The summed E-state index contributed by atoms with van der Waals surface area (Å²) in [6.07, 6.45) is 0.486. The van der Waals surface area contributed by atoms with E-state index in [2.05, 4.69) is 0 Å². The highest BCUT2D eigenvalue weighted by Crippen LogP contribution is 2.20. The summed E-state index contributed by atoms with van der Waals surface area (Å²) in [5.41, 5.74) is 6.77. The van der Waals surface area contributed by atoms with Crippen molar-refractivity contribution in [3.8, 4) is 5.75 Å². The van der Waals surface area contributed by atoms with Gasteiger partial charge >= 0.3 is 0 Å². The minimum absolute atomic E-state index is 0.00433. The molecule has 0 bridgehead atoms. The van der Waals surface area contributed by atoms with Crippen molar-refractivity contribution in [1.82, 2.24) is 4.90 Å². The summed E-state index contributed by atoms with van der Waals surface area (Å²) in [7, 11) is 0. The Morgan fingerprint density at radius 3 is 2.65 bits per heavy atom. The number of amides is 1. The maximum atomic E-state index is 12.5. The number of nitrogens with two attached hydrogens (primary N) is 1. The van der Waals surface area contributed by atoms with Crippen molar-refractivity contribution in [3.05, 3.63) is 29.3 Å². The molecule has 20 heavy (non-hydrogen) atoms. The molecule has 0 aliphatic heterocycles. The number of phenolic OH excluding ortho intramolecular Hbond substituents is 1. The summed E-state index contributed by atoms with van der Waals surface area (Å²) < 4.78 is 0. The number of hydrogen-bond acceptors (Lipinski definition) is 3. The monoisotopic (exact) mass is 294 g/mol. The van der Waals surface area contributed by atoms with Crippen molar-refractivity contribution in [2.75, 3.05) is 13.1 Å². The zero-order chi connectivity index (χ0) is 15.3. The van der Waals surface area contributed by atoms with Gasteiger partial charge < -0.3 is 15.7 Å². The van der Waals surface area contributed by atoms with Crippen molar-refractivity contribution in [1.29, 1.82) is 0 Å². The molecule has 5 heteroatoms. The number of benzene rings is 1. The maximum Gasteiger partial charge on any atom is 0.257 e. The van der Waals surface area contributed by atoms with Crippen LogP contribution in [0.25, 0.3) is 0 Å². The van der Waals surface area contributed by atoms with Crippen LogP contribution in [0.4, 0.5) is 0 Å². The lowest BCUT2D eigenvalue weighted by molar-refractivity contribution is 0.0738. The van der Waals surface area contributed by atoms with E-state index in [1.54, 1.807) is 23.1 Å². The van der Waals surface area contributed by atoms with Crippen molar-refractivity contribution in [2.45, 2.75) is 27.2 Å². The molecule has 110 valence electrons. The third-order valence-corrected chi connectivity index (χ3v) is 3.09. The van der Waals surface area contributed by atoms with Gasteiger partial charge in [0.05, 0.1) is 10.6 Å². The molecule has 3 N–H and O–H groups in total. The standard InChI is InChI=1S/C15H22N2O2S/c1-10(2)9-17(7-6-14(16)20)15(19)12-8-11(3)4-5-13(12)18/h4-5,8,10,18H,6-7,9H2,1-3H3,(H2,16,20). The Kier molecular flexibility index (Phi) is 5.95. The van der Waals surface area contributed by atoms with Crippen LogP contribution in [0.3, 0.4) is 0 Å². The average molecular weight is 294 g/mol. The molecule has 0 saturated carbocycles. The van der Waals surface area contributed by atoms with Gasteiger partial charge in [0.15, 0.2) is 0 Å². The van der Waals surface area contributed by atoms with Crippen LogP contribution >= 0.6 is 12.2 Å². The normalized spacial score (nSPS) is 10.6. The summed E-state index contributed by atoms with van der Waals surface area (Å²) >= 11 is 4.87. The fourth-order valence-electron chi connectivity index (χ4n) is 1.95. The lowest BCUT2D eigenvalue weighted by Gasteiger charge is -2.25. The second-order valence-corrected chi connectivity index (χ2v) is 5.91. The van der Waals surface area contributed by atoms with Gasteiger partial charge in [0.1, 0.15) is 5.75 Å². The van der Waals surface area contributed by atoms with E-state index in [0.717, 1.165) is 5.56 Å². The molecule has 1 aromatic carbocycles. The predicted octanol–water partition coefficient (Wildman–Crippen LogP) is 2.48. The van der Waals surface area contributed by atoms with Gasteiger partial charge in [0.25, 0.3) is 5.91 Å². The quantitative estimate of drug-likeness (QED) is 0.791. The fourth-order valence-corrected chi connectivity index (χ4v) is 2.04. The first-order chi connectivity index (χ1) is 9.31. The van der Waals surface area contributed by atoms with Gasteiger partial charge in [0.2, 0.25) is 0 Å². The minimum Gasteiger partial charge on any atom is -0.507 e. The fraction of sp³-hybridized carbons (Fsp3) is 0.467. The molecule has 0 saturated heterocycles.